The van der Waals surface area contributed by atoms with Crippen LogP contribution in [0.2, 0.25) is 0 Å². The van der Waals surface area contributed by atoms with Crippen LogP contribution in [0.3, 0.4) is 0 Å². The standard InChI is InChI=1S/C20H17NO3/c21-19-12-16(20(23)24-13-14-4-2-1-3-5-14)8-11-18(19)15-6-9-17(22)10-7-15/h1-12,22H,13,21H2. The molecule has 0 bridgehead atoms. The van der Waals surface area contributed by atoms with Gasteiger partial charge in [0.1, 0.15) is 12.4 Å². The van der Waals surface area contributed by atoms with Crippen molar-refractivity contribution in [2.24, 2.45) is 0 Å². The summed E-state index contributed by atoms with van der Waals surface area (Å²) in [6.45, 7) is 0.222. The number of rotatable bonds is 4. The Morgan fingerprint density at radius 3 is 2.33 bits per heavy atom. The van der Waals surface area contributed by atoms with Gasteiger partial charge in [-0.15, -0.1) is 0 Å². The zero-order chi connectivity index (χ0) is 16.9. The van der Waals surface area contributed by atoms with E-state index in [1.54, 1.807) is 42.5 Å². The number of hydrogen-bond donors (Lipinski definition) is 2. The Balaban J connectivity index is 1.74. The maximum absolute atomic E-state index is 12.2. The number of benzene rings is 3. The van der Waals surface area contributed by atoms with Gasteiger partial charge in [0.05, 0.1) is 5.56 Å². The Morgan fingerprint density at radius 1 is 0.958 bits per heavy atom. The van der Waals surface area contributed by atoms with E-state index in [9.17, 15) is 9.90 Å². The van der Waals surface area contributed by atoms with Crippen molar-refractivity contribution in [2.45, 2.75) is 6.61 Å². The third-order valence-electron chi connectivity index (χ3n) is 3.68. The minimum Gasteiger partial charge on any atom is -0.508 e. The van der Waals surface area contributed by atoms with Crippen LogP contribution in [0.1, 0.15) is 15.9 Å². The molecular weight excluding hydrogens is 302 g/mol. The highest BCUT2D eigenvalue weighted by Crippen LogP contribution is 2.28. The molecule has 120 valence electrons. The number of phenols is 1. The van der Waals surface area contributed by atoms with Gasteiger partial charge in [0.15, 0.2) is 0 Å². The minimum atomic E-state index is -0.414. The number of nitrogen functional groups attached to an aromatic ring is 1. The molecule has 0 aliphatic rings. The van der Waals surface area contributed by atoms with Crippen molar-refractivity contribution in [1.82, 2.24) is 0 Å². The fourth-order valence-electron chi connectivity index (χ4n) is 2.40. The third-order valence-corrected chi connectivity index (χ3v) is 3.68. The van der Waals surface area contributed by atoms with E-state index in [0.717, 1.165) is 16.7 Å². The van der Waals surface area contributed by atoms with E-state index >= 15 is 0 Å². The molecule has 4 nitrogen and oxygen atoms in total. The smallest absolute Gasteiger partial charge is 0.338 e. The summed E-state index contributed by atoms with van der Waals surface area (Å²) >= 11 is 0. The lowest BCUT2D eigenvalue weighted by Crippen LogP contribution is -2.06. The van der Waals surface area contributed by atoms with Crippen LogP contribution in [0, 0.1) is 0 Å². The molecule has 0 radical (unpaired) electrons. The van der Waals surface area contributed by atoms with E-state index in [4.69, 9.17) is 10.5 Å². The minimum absolute atomic E-state index is 0.193. The second-order valence-electron chi connectivity index (χ2n) is 5.41. The quantitative estimate of drug-likeness (QED) is 0.563. The highest BCUT2D eigenvalue weighted by molar-refractivity contribution is 5.92. The maximum atomic E-state index is 12.2. The molecule has 0 aromatic heterocycles. The largest absolute Gasteiger partial charge is 0.508 e. The summed E-state index contributed by atoms with van der Waals surface area (Å²) < 4.78 is 5.30. The molecule has 0 aliphatic heterocycles. The van der Waals surface area contributed by atoms with Gasteiger partial charge in [0.25, 0.3) is 0 Å². The number of hydrogen-bond acceptors (Lipinski definition) is 4. The summed E-state index contributed by atoms with van der Waals surface area (Å²) in [7, 11) is 0. The number of anilines is 1. The topological polar surface area (TPSA) is 72.6 Å². The first-order chi connectivity index (χ1) is 11.6. The van der Waals surface area contributed by atoms with E-state index < -0.39 is 5.97 Å². The van der Waals surface area contributed by atoms with E-state index in [1.165, 1.54) is 0 Å². The first kappa shape index (κ1) is 15.6. The van der Waals surface area contributed by atoms with Crippen molar-refractivity contribution in [3.05, 3.63) is 83.9 Å². The number of esters is 1. The molecular formula is C20H17NO3. The van der Waals surface area contributed by atoms with Crippen LogP contribution in [0.5, 0.6) is 5.75 Å². The van der Waals surface area contributed by atoms with Crippen molar-refractivity contribution < 1.29 is 14.6 Å². The fourth-order valence-corrected chi connectivity index (χ4v) is 2.40. The summed E-state index contributed by atoms with van der Waals surface area (Å²) in [6.07, 6.45) is 0. The number of nitrogens with two attached hydrogens (primary N) is 1. The zero-order valence-corrected chi connectivity index (χ0v) is 13.0. The molecule has 0 unspecified atom stereocenters. The molecule has 3 rings (SSSR count). The van der Waals surface area contributed by atoms with Gasteiger partial charge in [-0.3, -0.25) is 0 Å². The molecule has 24 heavy (non-hydrogen) atoms. The van der Waals surface area contributed by atoms with Gasteiger partial charge in [0.2, 0.25) is 0 Å². The zero-order valence-electron chi connectivity index (χ0n) is 13.0. The molecule has 0 aliphatic carbocycles. The van der Waals surface area contributed by atoms with Crippen molar-refractivity contribution in [1.29, 1.82) is 0 Å². The van der Waals surface area contributed by atoms with Gasteiger partial charge in [-0.1, -0.05) is 48.5 Å². The first-order valence-electron chi connectivity index (χ1n) is 7.53. The summed E-state index contributed by atoms with van der Waals surface area (Å²) in [4.78, 5) is 12.2. The Kier molecular flexibility index (Phi) is 4.47. The molecule has 0 amide bonds. The number of phenolic OH excluding ortho intramolecular Hbond substituents is 1. The average Bonchev–Trinajstić information content (AvgIpc) is 2.61. The lowest BCUT2D eigenvalue weighted by molar-refractivity contribution is 0.0473. The fraction of sp³-hybridized carbons (Fsp3) is 0.0500. The monoisotopic (exact) mass is 319 g/mol. The Labute approximate surface area is 140 Å². The van der Waals surface area contributed by atoms with E-state index in [1.807, 2.05) is 30.3 Å². The molecule has 4 heteroatoms. The normalized spacial score (nSPS) is 10.3. The lowest BCUT2D eigenvalue weighted by Gasteiger charge is -2.09. The molecule has 3 aromatic rings. The van der Waals surface area contributed by atoms with E-state index in [0.29, 0.717) is 11.3 Å². The van der Waals surface area contributed by atoms with Crippen LogP contribution in [0.15, 0.2) is 72.8 Å². The molecule has 0 spiro atoms. The van der Waals surface area contributed by atoms with Crippen molar-refractivity contribution in [3.63, 3.8) is 0 Å². The Bertz CT molecular complexity index is 843. The van der Waals surface area contributed by atoms with Crippen molar-refractivity contribution >= 4 is 11.7 Å². The SMILES string of the molecule is Nc1cc(C(=O)OCc2ccccc2)ccc1-c1ccc(O)cc1. The summed E-state index contributed by atoms with van der Waals surface area (Å²) in [6, 6.07) is 21.3. The van der Waals surface area contributed by atoms with Crippen molar-refractivity contribution in [2.75, 3.05) is 5.73 Å². The Hall–Kier alpha value is -3.27. The predicted octanol–water partition coefficient (Wildman–Crippen LogP) is 4.00. The molecule has 0 fully saturated rings. The molecule has 0 saturated heterocycles. The summed E-state index contributed by atoms with van der Waals surface area (Å²) in [5, 5.41) is 9.35. The molecule has 3 N–H and O–H groups in total. The summed E-state index contributed by atoms with van der Waals surface area (Å²) in [5.41, 5.74) is 9.56. The van der Waals surface area contributed by atoms with Crippen LogP contribution in [-0.2, 0) is 11.3 Å². The average molecular weight is 319 g/mol. The van der Waals surface area contributed by atoms with Gasteiger partial charge in [-0.05, 0) is 35.4 Å². The van der Waals surface area contributed by atoms with E-state index in [-0.39, 0.29) is 12.4 Å². The second kappa shape index (κ2) is 6.87. The van der Waals surface area contributed by atoms with Crippen LogP contribution in [0.4, 0.5) is 5.69 Å². The molecule has 3 aromatic carbocycles. The van der Waals surface area contributed by atoms with Crippen LogP contribution in [0.25, 0.3) is 11.1 Å². The molecule has 0 heterocycles. The van der Waals surface area contributed by atoms with Crippen LogP contribution in [-0.4, -0.2) is 11.1 Å². The van der Waals surface area contributed by atoms with Crippen LogP contribution < -0.4 is 5.73 Å². The van der Waals surface area contributed by atoms with Gasteiger partial charge >= 0.3 is 5.97 Å². The van der Waals surface area contributed by atoms with Gasteiger partial charge in [0, 0.05) is 11.3 Å². The first-order valence-corrected chi connectivity index (χ1v) is 7.53. The second-order valence-corrected chi connectivity index (χ2v) is 5.41. The number of carbonyl (C=O) groups excluding carboxylic acids is 1. The van der Waals surface area contributed by atoms with Gasteiger partial charge in [-0.25, -0.2) is 4.79 Å². The Morgan fingerprint density at radius 2 is 1.67 bits per heavy atom. The molecule has 0 saturated carbocycles. The van der Waals surface area contributed by atoms with Crippen LogP contribution >= 0.6 is 0 Å². The number of carbonyl (C=O) groups is 1. The van der Waals surface area contributed by atoms with E-state index in [2.05, 4.69) is 0 Å². The molecule has 0 atom stereocenters. The summed E-state index contributed by atoms with van der Waals surface area (Å²) in [5.74, 6) is -0.221. The third kappa shape index (κ3) is 3.55. The highest BCUT2D eigenvalue weighted by Gasteiger charge is 2.11. The maximum Gasteiger partial charge on any atom is 0.338 e. The number of aromatic hydroxyl groups is 1. The predicted molar refractivity (Wildman–Crippen MR) is 93.5 cm³/mol. The van der Waals surface area contributed by atoms with Gasteiger partial charge < -0.3 is 15.6 Å². The lowest BCUT2D eigenvalue weighted by atomic mass is 10.0. The van der Waals surface area contributed by atoms with Crippen molar-refractivity contribution in [3.8, 4) is 16.9 Å². The number of ether oxygens (including phenoxy) is 1. The highest BCUT2D eigenvalue weighted by atomic mass is 16.5. The van der Waals surface area contributed by atoms with Gasteiger partial charge in [-0.2, -0.15) is 0 Å².